The van der Waals surface area contributed by atoms with Crippen molar-refractivity contribution in [3.05, 3.63) is 35.9 Å². The Labute approximate surface area is 117 Å². The molecule has 1 aliphatic rings. The lowest BCUT2D eigenvalue weighted by Gasteiger charge is -2.32. The molecule has 0 aromatic heterocycles. The number of rotatable bonds is 7. The number of hydrogen-bond acceptors (Lipinski definition) is 2. The molecule has 1 saturated heterocycles. The van der Waals surface area contributed by atoms with Crippen LogP contribution in [0.5, 0.6) is 0 Å². The van der Waals surface area contributed by atoms with E-state index in [1.54, 1.807) is 0 Å². The number of nitrogens with zero attached hydrogens (tertiary/aromatic N) is 1. The van der Waals surface area contributed by atoms with Gasteiger partial charge in [0, 0.05) is 13.2 Å². The average Bonchev–Trinajstić information content (AvgIpc) is 2.46. The molecule has 0 aliphatic carbocycles. The minimum Gasteiger partial charge on any atom is -0.396 e. The minimum absolute atomic E-state index is 0.354. The minimum atomic E-state index is 0.354. The van der Waals surface area contributed by atoms with E-state index in [9.17, 15) is 0 Å². The number of aliphatic hydroxyl groups is 1. The van der Waals surface area contributed by atoms with Gasteiger partial charge in [0.2, 0.25) is 0 Å². The Morgan fingerprint density at radius 3 is 2.79 bits per heavy atom. The van der Waals surface area contributed by atoms with Crippen molar-refractivity contribution >= 4 is 0 Å². The van der Waals surface area contributed by atoms with Gasteiger partial charge >= 0.3 is 0 Å². The Morgan fingerprint density at radius 1 is 1.16 bits per heavy atom. The zero-order valence-corrected chi connectivity index (χ0v) is 11.9. The van der Waals surface area contributed by atoms with Crippen LogP contribution in [-0.2, 0) is 6.42 Å². The zero-order valence-electron chi connectivity index (χ0n) is 11.9. The Hall–Kier alpha value is -0.860. The van der Waals surface area contributed by atoms with Crippen LogP contribution in [0.15, 0.2) is 30.3 Å². The normalized spacial score (nSPS) is 20.6. The van der Waals surface area contributed by atoms with Crippen LogP contribution in [0.1, 0.15) is 37.7 Å². The molecule has 0 spiro atoms. The summed E-state index contributed by atoms with van der Waals surface area (Å²) in [6.45, 7) is 4.04. The van der Waals surface area contributed by atoms with Crippen LogP contribution in [0.4, 0.5) is 0 Å². The van der Waals surface area contributed by atoms with Crippen molar-refractivity contribution in [2.75, 3.05) is 26.2 Å². The summed E-state index contributed by atoms with van der Waals surface area (Å²) in [6, 6.07) is 10.8. The van der Waals surface area contributed by atoms with Crippen LogP contribution in [0.25, 0.3) is 0 Å². The molecule has 1 N–H and O–H groups in total. The Kier molecular flexibility index (Phi) is 6.38. The third-order valence-electron chi connectivity index (χ3n) is 4.17. The first-order valence-corrected chi connectivity index (χ1v) is 7.75. The Morgan fingerprint density at radius 2 is 2.00 bits per heavy atom. The fourth-order valence-corrected chi connectivity index (χ4v) is 3.08. The van der Waals surface area contributed by atoms with Gasteiger partial charge in [0.25, 0.3) is 0 Å². The van der Waals surface area contributed by atoms with E-state index in [4.69, 9.17) is 5.11 Å². The smallest absolute Gasteiger partial charge is 0.0434 e. The molecule has 2 nitrogen and oxygen atoms in total. The van der Waals surface area contributed by atoms with Crippen molar-refractivity contribution in [1.29, 1.82) is 0 Å². The first kappa shape index (κ1) is 14.5. The molecular weight excluding hydrogens is 234 g/mol. The highest BCUT2D eigenvalue weighted by molar-refractivity contribution is 5.14. The highest BCUT2D eigenvalue weighted by Crippen LogP contribution is 2.19. The molecule has 1 aromatic rings. The van der Waals surface area contributed by atoms with Crippen LogP contribution in [0.2, 0.25) is 0 Å². The first-order valence-electron chi connectivity index (χ1n) is 7.75. The van der Waals surface area contributed by atoms with Gasteiger partial charge in [-0.2, -0.15) is 0 Å². The fraction of sp³-hybridized carbons (Fsp3) is 0.647. The molecule has 106 valence electrons. The lowest BCUT2D eigenvalue weighted by molar-refractivity contribution is 0.146. The molecule has 1 fully saturated rings. The van der Waals surface area contributed by atoms with Gasteiger partial charge in [-0.3, -0.25) is 0 Å². The van der Waals surface area contributed by atoms with Crippen LogP contribution >= 0.6 is 0 Å². The molecule has 1 aromatic carbocycles. The molecule has 0 amide bonds. The van der Waals surface area contributed by atoms with Gasteiger partial charge in [-0.05, 0) is 63.1 Å². The van der Waals surface area contributed by atoms with Crippen molar-refractivity contribution in [2.45, 2.75) is 38.5 Å². The molecule has 19 heavy (non-hydrogen) atoms. The average molecular weight is 261 g/mol. The maximum absolute atomic E-state index is 9.03. The fourth-order valence-electron chi connectivity index (χ4n) is 3.08. The molecule has 1 unspecified atom stereocenters. The number of aliphatic hydroxyl groups excluding tert-OH is 1. The second-order valence-electron chi connectivity index (χ2n) is 5.76. The molecule has 0 radical (unpaired) electrons. The second kappa shape index (κ2) is 8.34. The number of piperidine rings is 1. The maximum Gasteiger partial charge on any atom is 0.0434 e. The van der Waals surface area contributed by atoms with E-state index in [0.717, 1.165) is 12.3 Å². The third-order valence-corrected chi connectivity index (χ3v) is 4.17. The summed E-state index contributed by atoms with van der Waals surface area (Å²) in [5.74, 6) is 0.730. The van der Waals surface area contributed by atoms with Crippen molar-refractivity contribution in [3.63, 3.8) is 0 Å². The molecule has 1 heterocycles. The maximum atomic E-state index is 9.03. The number of benzene rings is 1. The van der Waals surface area contributed by atoms with Crippen LogP contribution in [0, 0.1) is 5.92 Å². The van der Waals surface area contributed by atoms with Crippen molar-refractivity contribution in [3.8, 4) is 0 Å². The van der Waals surface area contributed by atoms with E-state index < -0.39 is 0 Å². The lowest BCUT2D eigenvalue weighted by atomic mass is 9.95. The predicted octanol–water partition coefficient (Wildman–Crippen LogP) is 3.10. The summed E-state index contributed by atoms with van der Waals surface area (Å²) in [4.78, 5) is 2.59. The number of hydrogen-bond donors (Lipinski definition) is 1. The SMILES string of the molecule is OCCC1CCCN(CCCCc2ccccc2)C1. The molecule has 2 heteroatoms. The van der Waals surface area contributed by atoms with E-state index in [2.05, 4.69) is 35.2 Å². The summed E-state index contributed by atoms with van der Waals surface area (Å²) in [6.07, 6.45) is 7.38. The summed E-state index contributed by atoms with van der Waals surface area (Å²) < 4.78 is 0. The number of aryl methyl sites for hydroxylation is 1. The van der Waals surface area contributed by atoms with Crippen molar-refractivity contribution in [1.82, 2.24) is 4.90 Å². The number of unbranched alkanes of at least 4 members (excludes halogenated alkanes) is 1. The summed E-state index contributed by atoms with van der Waals surface area (Å²) >= 11 is 0. The quantitative estimate of drug-likeness (QED) is 0.762. The van der Waals surface area contributed by atoms with Gasteiger partial charge in [-0.15, -0.1) is 0 Å². The van der Waals surface area contributed by atoms with Crippen LogP contribution in [0.3, 0.4) is 0 Å². The highest BCUT2D eigenvalue weighted by Gasteiger charge is 2.18. The molecule has 2 rings (SSSR count). The van der Waals surface area contributed by atoms with Gasteiger partial charge < -0.3 is 10.0 Å². The summed E-state index contributed by atoms with van der Waals surface area (Å²) in [5.41, 5.74) is 1.46. The molecule has 1 atom stereocenters. The van der Waals surface area contributed by atoms with E-state index in [-0.39, 0.29) is 0 Å². The topological polar surface area (TPSA) is 23.5 Å². The van der Waals surface area contributed by atoms with Gasteiger partial charge in [-0.25, -0.2) is 0 Å². The monoisotopic (exact) mass is 261 g/mol. The molecule has 0 saturated carbocycles. The van der Waals surface area contributed by atoms with Gasteiger partial charge in [0.1, 0.15) is 0 Å². The Bertz CT molecular complexity index is 336. The Balaban J connectivity index is 1.60. The van der Waals surface area contributed by atoms with Crippen molar-refractivity contribution < 1.29 is 5.11 Å². The van der Waals surface area contributed by atoms with Crippen molar-refractivity contribution in [2.24, 2.45) is 5.92 Å². The number of likely N-dealkylation sites (tertiary alicyclic amines) is 1. The second-order valence-corrected chi connectivity index (χ2v) is 5.76. The standard InChI is InChI=1S/C17H27NO/c19-14-11-17-10-6-13-18(15-17)12-5-4-9-16-7-2-1-3-8-16/h1-3,7-8,17,19H,4-6,9-15H2. The summed E-state index contributed by atoms with van der Waals surface area (Å²) in [7, 11) is 0. The summed E-state index contributed by atoms with van der Waals surface area (Å²) in [5, 5.41) is 9.03. The van der Waals surface area contributed by atoms with E-state index in [0.29, 0.717) is 6.61 Å². The van der Waals surface area contributed by atoms with E-state index in [1.807, 2.05) is 0 Å². The molecular formula is C17H27NO. The highest BCUT2D eigenvalue weighted by atomic mass is 16.3. The van der Waals surface area contributed by atoms with E-state index in [1.165, 1.54) is 57.3 Å². The van der Waals surface area contributed by atoms with E-state index >= 15 is 0 Å². The van der Waals surface area contributed by atoms with Gasteiger partial charge in [-0.1, -0.05) is 30.3 Å². The first-order chi connectivity index (χ1) is 9.38. The predicted molar refractivity (Wildman–Crippen MR) is 80.2 cm³/mol. The molecule has 0 bridgehead atoms. The third kappa shape index (κ3) is 5.33. The largest absolute Gasteiger partial charge is 0.396 e. The van der Waals surface area contributed by atoms with Crippen LogP contribution < -0.4 is 0 Å². The lowest BCUT2D eigenvalue weighted by Crippen LogP contribution is -2.36. The molecule has 1 aliphatic heterocycles. The van der Waals surface area contributed by atoms with Crippen LogP contribution in [-0.4, -0.2) is 36.2 Å². The van der Waals surface area contributed by atoms with Gasteiger partial charge in [0.15, 0.2) is 0 Å². The zero-order chi connectivity index (χ0) is 13.3. The van der Waals surface area contributed by atoms with Gasteiger partial charge in [0.05, 0.1) is 0 Å².